The SMILES string of the molecule is C=C/C(=C\C)CC.C=CCn1cnc(C(C)(C)C)cccc(N)n1.Sc1ccccc1. The molecule has 0 aliphatic rings. The van der Waals surface area contributed by atoms with Gasteiger partial charge < -0.3 is 5.73 Å². The second-order valence-corrected chi connectivity index (χ2v) is 8.11. The molecule has 2 rings (SSSR count). The fraction of sp³-hybridized carbons (Fsp3) is 0.308. The number of thiol groups is 1. The minimum atomic E-state index is -0.0141. The van der Waals surface area contributed by atoms with E-state index in [2.05, 4.69) is 69.6 Å². The lowest BCUT2D eigenvalue weighted by molar-refractivity contribution is 0.563. The van der Waals surface area contributed by atoms with Gasteiger partial charge in [0.15, 0.2) is 0 Å². The van der Waals surface area contributed by atoms with Crippen LogP contribution in [0, 0.1) is 0 Å². The fourth-order valence-corrected chi connectivity index (χ4v) is 2.35. The van der Waals surface area contributed by atoms with Gasteiger partial charge in [0.1, 0.15) is 12.1 Å². The van der Waals surface area contributed by atoms with Crippen molar-refractivity contribution in [3.8, 4) is 0 Å². The summed E-state index contributed by atoms with van der Waals surface area (Å²) in [7, 11) is 0. The zero-order valence-electron chi connectivity index (χ0n) is 19.6. The predicted octanol–water partition coefficient (Wildman–Crippen LogP) is 6.97. The molecule has 0 atom stereocenters. The van der Waals surface area contributed by atoms with E-state index in [9.17, 15) is 0 Å². The number of benzene rings is 1. The van der Waals surface area contributed by atoms with Crippen LogP contribution in [0.5, 0.6) is 0 Å². The summed E-state index contributed by atoms with van der Waals surface area (Å²) in [6.07, 6.45) is 8.50. The first-order valence-corrected chi connectivity index (χ1v) is 10.8. The summed E-state index contributed by atoms with van der Waals surface area (Å²) in [6, 6.07) is 15.4. The summed E-state index contributed by atoms with van der Waals surface area (Å²) in [6.45, 7) is 18.4. The topological polar surface area (TPSA) is 56.7 Å². The average molecular weight is 439 g/mol. The Bertz CT molecular complexity index is 861. The standard InChI is InChI=1S/C13H20N4.C7H12.C6H6S/c1-5-9-17-10-15-11(13(2,3)4)7-6-8-12(14)16-17;1-4-7(5-2)6-3;7-6-4-2-1-3-5-6/h5-8,10H,1,9H2,2-4H3,(H2,14,16);4-5H,1,6H2,2-3H3;1-5,7H/b;7-5+;. The van der Waals surface area contributed by atoms with Gasteiger partial charge >= 0.3 is 0 Å². The van der Waals surface area contributed by atoms with Crippen molar-refractivity contribution in [1.29, 1.82) is 0 Å². The second-order valence-electron chi connectivity index (χ2n) is 7.60. The molecule has 0 amide bonds. The van der Waals surface area contributed by atoms with Crippen molar-refractivity contribution in [2.24, 2.45) is 0 Å². The Morgan fingerprint density at radius 1 is 1.10 bits per heavy atom. The minimum absolute atomic E-state index is 0.0141. The van der Waals surface area contributed by atoms with Crippen molar-refractivity contribution in [2.75, 3.05) is 5.73 Å². The summed E-state index contributed by atoms with van der Waals surface area (Å²) >= 11 is 4.08. The number of anilines is 1. The van der Waals surface area contributed by atoms with Gasteiger partial charge in [-0.05, 0) is 37.6 Å². The molecular weight excluding hydrogens is 400 g/mol. The second kappa shape index (κ2) is 16.0. The number of allylic oxidation sites excluding steroid dienone is 4. The molecule has 0 fully saturated rings. The summed E-state index contributed by atoms with van der Waals surface area (Å²) in [4.78, 5) is 5.47. The Morgan fingerprint density at radius 3 is 2.13 bits per heavy atom. The zero-order valence-corrected chi connectivity index (χ0v) is 20.5. The third kappa shape index (κ3) is 13.9. The minimum Gasteiger partial charge on any atom is -0.382 e. The van der Waals surface area contributed by atoms with Gasteiger partial charge in [0.2, 0.25) is 0 Å². The molecule has 0 unspecified atom stereocenters. The highest BCUT2D eigenvalue weighted by Crippen LogP contribution is 2.17. The lowest BCUT2D eigenvalue weighted by Crippen LogP contribution is -2.12. The number of nitrogens with zero attached hydrogens (tertiary/aromatic N) is 3. The highest BCUT2D eigenvalue weighted by Gasteiger charge is 2.13. The van der Waals surface area contributed by atoms with Crippen LogP contribution in [-0.2, 0) is 12.0 Å². The first kappa shape index (κ1) is 28.2. The van der Waals surface area contributed by atoms with Gasteiger partial charge in [0.25, 0.3) is 0 Å². The van der Waals surface area contributed by atoms with Crippen LogP contribution in [0.4, 0.5) is 5.82 Å². The van der Waals surface area contributed by atoms with Crippen LogP contribution >= 0.6 is 12.6 Å². The van der Waals surface area contributed by atoms with Crippen LogP contribution in [0.3, 0.4) is 0 Å². The van der Waals surface area contributed by atoms with E-state index in [1.54, 1.807) is 23.2 Å². The van der Waals surface area contributed by atoms with E-state index in [0.29, 0.717) is 12.4 Å². The van der Waals surface area contributed by atoms with Gasteiger partial charge in [-0.2, -0.15) is 5.10 Å². The Hall–Kier alpha value is -2.79. The monoisotopic (exact) mass is 438 g/mol. The van der Waals surface area contributed by atoms with Crippen molar-refractivity contribution in [2.45, 2.75) is 57.9 Å². The van der Waals surface area contributed by atoms with E-state index in [-0.39, 0.29) is 5.41 Å². The summed E-state index contributed by atoms with van der Waals surface area (Å²) in [5, 5.41) is 4.19. The molecule has 0 aliphatic carbocycles. The molecular formula is C26H38N4S. The van der Waals surface area contributed by atoms with Crippen molar-refractivity contribution in [1.82, 2.24) is 14.8 Å². The third-order valence-corrected chi connectivity index (χ3v) is 4.28. The number of aromatic nitrogens is 3. The highest BCUT2D eigenvalue weighted by molar-refractivity contribution is 7.80. The molecule has 0 radical (unpaired) electrons. The van der Waals surface area contributed by atoms with E-state index in [4.69, 9.17) is 5.73 Å². The van der Waals surface area contributed by atoms with Crippen molar-refractivity contribution in [3.05, 3.63) is 97.5 Å². The van der Waals surface area contributed by atoms with Gasteiger partial charge in [0.05, 0.1) is 6.54 Å². The molecule has 0 bridgehead atoms. The molecule has 168 valence electrons. The maximum atomic E-state index is 5.75. The number of rotatable bonds is 4. The van der Waals surface area contributed by atoms with Crippen molar-refractivity contribution < 1.29 is 0 Å². The summed E-state index contributed by atoms with van der Waals surface area (Å²) in [5.74, 6) is 0.449. The van der Waals surface area contributed by atoms with Crippen LogP contribution in [-0.4, -0.2) is 14.8 Å². The van der Waals surface area contributed by atoms with Gasteiger partial charge in [-0.3, -0.25) is 0 Å². The molecule has 1 aromatic heterocycles. The van der Waals surface area contributed by atoms with Gasteiger partial charge in [-0.15, -0.1) is 19.2 Å². The van der Waals surface area contributed by atoms with Crippen molar-refractivity contribution in [3.63, 3.8) is 0 Å². The first-order valence-electron chi connectivity index (χ1n) is 10.3. The Morgan fingerprint density at radius 2 is 1.74 bits per heavy atom. The maximum absolute atomic E-state index is 5.75. The Balaban J connectivity index is 0.000000527. The molecule has 2 aromatic rings. The van der Waals surface area contributed by atoms with E-state index in [1.165, 1.54) is 5.57 Å². The molecule has 0 spiro atoms. The van der Waals surface area contributed by atoms with Gasteiger partial charge in [0, 0.05) is 16.0 Å². The lowest BCUT2D eigenvalue weighted by Gasteiger charge is -2.15. The summed E-state index contributed by atoms with van der Waals surface area (Å²) in [5.41, 5.74) is 8.03. The van der Waals surface area contributed by atoms with Crippen LogP contribution < -0.4 is 5.73 Å². The number of hydrogen-bond donors (Lipinski definition) is 2. The number of hydrogen-bond acceptors (Lipinski definition) is 4. The molecule has 0 saturated carbocycles. The van der Waals surface area contributed by atoms with E-state index >= 15 is 0 Å². The van der Waals surface area contributed by atoms with Crippen LogP contribution in [0.2, 0.25) is 0 Å². The normalized spacial score (nSPS) is 10.5. The van der Waals surface area contributed by atoms with E-state index < -0.39 is 0 Å². The summed E-state index contributed by atoms with van der Waals surface area (Å²) < 4.78 is 1.66. The maximum Gasteiger partial charge on any atom is 0.143 e. The molecule has 31 heavy (non-hydrogen) atoms. The molecule has 1 heterocycles. The molecule has 2 N–H and O–H groups in total. The van der Waals surface area contributed by atoms with E-state index in [0.717, 1.165) is 17.0 Å². The fourth-order valence-electron chi connectivity index (χ4n) is 2.18. The third-order valence-electron chi connectivity index (χ3n) is 3.98. The largest absolute Gasteiger partial charge is 0.382 e. The zero-order chi connectivity index (χ0) is 23.7. The molecule has 0 saturated heterocycles. The van der Waals surface area contributed by atoms with Crippen LogP contribution in [0.1, 0.15) is 46.7 Å². The molecule has 0 aliphatic heterocycles. The average Bonchev–Trinajstić information content (AvgIpc) is 2.81. The van der Waals surface area contributed by atoms with Gasteiger partial charge in [-0.25, -0.2) is 9.67 Å². The Kier molecular flexibility index (Phi) is 14.5. The quantitative estimate of drug-likeness (QED) is 0.308. The number of nitrogen functional groups attached to an aromatic ring is 1. The molecule has 4 nitrogen and oxygen atoms in total. The van der Waals surface area contributed by atoms with Crippen LogP contribution in [0.25, 0.3) is 0 Å². The van der Waals surface area contributed by atoms with Crippen molar-refractivity contribution >= 4 is 18.4 Å². The van der Waals surface area contributed by atoms with Gasteiger partial charge in [-0.1, -0.05) is 82.3 Å². The molecule has 5 heteroatoms. The van der Waals surface area contributed by atoms with Crippen LogP contribution in [0.15, 0.2) is 96.7 Å². The first-order chi connectivity index (χ1) is 14.7. The predicted molar refractivity (Wildman–Crippen MR) is 139 cm³/mol. The lowest BCUT2D eigenvalue weighted by atomic mass is 9.92. The molecule has 1 aromatic carbocycles. The highest BCUT2D eigenvalue weighted by atomic mass is 32.1. The number of nitrogens with two attached hydrogens (primary N) is 1. The Labute approximate surface area is 194 Å². The van der Waals surface area contributed by atoms with E-state index in [1.807, 2.05) is 55.5 Å². The smallest absolute Gasteiger partial charge is 0.143 e.